The Morgan fingerprint density at radius 1 is 1.00 bits per heavy atom. The minimum absolute atomic E-state index is 0.715. The highest BCUT2D eigenvalue weighted by molar-refractivity contribution is 6.49. The highest BCUT2D eigenvalue weighted by Gasteiger charge is 2.35. The van der Waals surface area contributed by atoms with E-state index in [0.717, 1.165) is 5.56 Å². The van der Waals surface area contributed by atoms with Crippen LogP contribution in [-0.4, -0.2) is 0 Å². The van der Waals surface area contributed by atoms with Crippen molar-refractivity contribution in [3.8, 4) is 0 Å². The van der Waals surface area contributed by atoms with Crippen LogP contribution in [0.4, 0.5) is 0 Å². The third kappa shape index (κ3) is 1.01. The summed E-state index contributed by atoms with van der Waals surface area (Å²) in [5, 5.41) is 2.46. The lowest BCUT2D eigenvalue weighted by molar-refractivity contribution is 0.887. The quantitative estimate of drug-likeness (QED) is 0.591. The number of rotatable bonds is 0. The first kappa shape index (κ1) is 8.58. The Labute approximate surface area is 92.4 Å². The molecule has 14 heavy (non-hydrogen) atoms. The van der Waals surface area contributed by atoms with Crippen LogP contribution in [-0.2, 0) is 10.8 Å². The molecule has 3 rings (SSSR count). The zero-order valence-corrected chi connectivity index (χ0v) is 8.94. The molecule has 0 aliphatic heterocycles. The SMILES string of the molecule is ClC1(Cl)Cc2cccc3cccc1c23. The molecule has 0 saturated heterocycles. The highest BCUT2D eigenvalue weighted by Crippen LogP contribution is 2.47. The Morgan fingerprint density at radius 2 is 1.71 bits per heavy atom. The van der Waals surface area contributed by atoms with Crippen molar-refractivity contribution in [2.75, 3.05) is 0 Å². The zero-order valence-electron chi connectivity index (χ0n) is 7.43. The molecule has 0 N–H and O–H groups in total. The fourth-order valence-corrected chi connectivity index (χ4v) is 2.81. The van der Waals surface area contributed by atoms with Crippen LogP contribution in [0.15, 0.2) is 36.4 Å². The fourth-order valence-electron chi connectivity index (χ4n) is 2.21. The molecule has 0 heterocycles. The zero-order chi connectivity index (χ0) is 9.76. The lowest BCUT2D eigenvalue weighted by Gasteiger charge is -2.12. The molecule has 2 aromatic rings. The van der Waals surface area contributed by atoms with E-state index in [0.29, 0.717) is 6.42 Å². The largest absolute Gasteiger partial charge is 0.147 e. The Bertz CT molecular complexity index is 509. The van der Waals surface area contributed by atoms with Gasteiger partial charge in [0.25, 0.3) is 0 Å². The van der Waals surface area contributed by atoms with Crippen molar-refractivity contribution in [1.82, 2.24) is 0 Å². The molecule has 1 aliphatic rings. The predicted octanol–water partition coefficient (Wildman–Crippen LogP) is 4.03. The molecule has 0 atom stereocenters. The maximum Gasteiger partial charge on any atom is 0.147 e. The Hall–Kier alpha value is -0.720. The van der Waals surface area contributed by atoms with E-state index in [4.69, 9.17) is 23.2 Å². The molecule has 0 unspecified atom stereocenters. The number of benzene rings is 2. The van der Waals surface area contributed by atoms with Gasteiger partial charge < -0.3 is 0 Å². The first-order chi connectivity index (χ1) is 6.68. The normalized spacial score (nSPS) is 17.6. The van der Waals surface area contributed by atoms with Crippen LogP contribution in [0.3, 0.4) is 0 Å². The summed E-state index contributed by atoms with van der Waals surface area (Å²) >= 11 is 12.5. The van der Waals surface area contributed by atoms with E-state index in [9.17, 15) is 0 Å². The predicted molar refractivity (Wildman–Crippen MR) is 61.0 cm³/mol. The Morgan fingerprint density at radius 3 is 2.50 bits per heavy atom. The Kier molecular flexibility index (Phi) is 1.62. The van der Waals surface area contributed by atoms with E-state index in [2.05, 4.69) is 24.3 Å². The molecule has 0 nitrogen and oxygen atoms in total. The van der Waals surface area contributed by atoms with Gasteiger partial charge >= 0.3 is 0 Å². The summed E-state index contributed by atoms with van der Waals surface area (Å²) in [5.41, 5.74) is 2.30. The topological polar surface area (TPSA) is 0 Å². The monoisotopic (exact) mass is 222 g/mol. The lowest BCUT2D eigenvalue weighted by Crippen LogP contribution is -2.06. The second-order valence-electron chi connectivity index (χ2n) is 3.70. The molecule has 0 bridgehead atoms. The Balaban J connectivity index is 2.50. The van der Waals surface area contributed by atoms with Crippen LogP contribution in [0.25, 0.3) is 10.8 Å². The molecule has 0 fully saturated rings. The second-order valence-corrected chi connectivity index (χ2v) is 5.19. The molecular weight excluding hydrogens is 215 g/mol. The van der Waals surface area contributed by atoms with Gasteiger partial charge in [0.1, 0.15) is 4.33 Å². The third-order valence-electron chi connectivity index (χ3n) is 2.80. The molecule has 2 heteroatoms. The summed E-state index contributed by atoms with van der Waals surface area (Å²) in [6.45, 7) is 0. The maximum absolute atomic E-state index is 6.27. The van der Waals surface area contributed by atoms with Gasteiger partial charge in [-0.05, 0) is 21.9 Å². The average Bonchev–Trinajstić information content (AvgIpc) is 2.41. The standard InChI is InChI=1S/C12H8Cl2/c13-12(14)7-9-5-1-3-8-4-2-6-10(12)11(8)9/h1-6H,7H2. The molecule has 1 aliphatic carbocycles. The lowest BCUT2D eigenvalue weighted by atomic mass is 10.1. The van der Waals surface area contributed by atoms with Crippen molar-refractivity contribution in [1.29, 1.82) is 0 Å². The summed E-state index contributed by atoms with van der Waals surface area (Å²) in [4.78, 5) is 0. The average molecular weight is 223 g/mol. The van der Waals surface area contributed by atoms with Gasteiger partial charge in [0.2, 0.25) is 0 Å². The van der Waals surface area contributed by atoms with Crippen molar-refractivity contribution < 1.29 is 0 Å². The molecule has 0 amide bonds. The molecule has 0 spiro atoms. The minimum atomic E-state index is -0.733. The smallest absolute Gasteiger partial charge is 0.0959 e. The van der Waals surface area contributed by atoms with E-state index in [1.165, 1.54) is 16.3 Å². The van der Waals surface area contributed by atoms with Gasteiger partial charge in [-0.1, -0.05) is 59.6 Å². The molecule has 0 radical (unpaired) electrons. The van der Waals surface area contributed by atoms with Crippen molar-refractivity contribution in [2.24, 2.45) is 0 Å². The second kappa shape index (κ2) is 2.65. The van der Waals surface area contributed by atoms with Gasteiger partial charge in [-0.15, -0.1) is 0 Å². The summed E-state index contributed by atoms with van der Waals surface area (Å²) < 4.78 is -0.733. The van der Waals surface area contributed by atoms with Gasteiger partial charge in [0, 0.05) is 6.42 Å². The minimum Gasteiger partial charge on any atom is -0.0959 e. The maximum atomic E-state index is 6.27. The van der Waals surface area contributed by atoms with Gasteiger partial charge in [-0.2, -0.15) is 0 Å². The molecule has 0 saturated carbocycles. The third-order valence-corrected chi connectivity index (χ3v) is 3.47. The van der Waals surface area contributed by atoms with Gasteiger partial charge in [0.05, 0.1) is 0 Å². The van der Waals surface area contributed by atoms with Crippen LogP contribution in [0, 0.1) is 0 Å². The van der Waals surface area contributed by atoms with E-state index in [1.54, 1.807) is 0 Å². The fraction of sp³-hybridized carbons (Fsp3) is 0.167. The summed E-state index contributed by atoms with van der Waals surface area (Å²) in [6.07, 6.45) is 0.715. The van der Waals surface area contributed by atoms with Crippen LogP contribution in [0.2, 0.25) is 0 Å². The van der Waals surface area contributed by atoms with Crippen LogP contribution in [0.1, 0.15) is 11.1 Å². The molecular formula is C12H8Cl2. The molecule has 70 valence electrons. The van der Waals surface area contributed by atoms with Crippen LogP contribution >= 0.6 is 23.2 Å². The van der Waals surface area contributed by atoms with Crippen LogP contribution in [0.5, 0.6) is 0 Å². The first-order valence-electron chi connectivity index (χ1n) is 4.57. The molecule has 0 aromatic heterocycles. The van der Waals surface area contributed by atoms with Crippen molar-refractivity contribution in [3.05, 3.63) is 47.5 Å². The van der Waals surface area contributed by atoms with Gasteiger partial charge in [-0.25, -0.2) is 0 Å². The number of hydrogen-bond donors (Lipinski definition) is 0. The summed E-state index contributed by atoms with van der Waals surface area (Å²) in [6, 6.07) is 12.4. The van der Waals surface area contributed by atoms with Crippen molar-refractivity contribution in [3.63, 3.8) is 0 Å². The number of halogens is 2. The first-order valence-corrected chi connectivity index (χ1v) is 5.33. The van der Waals surface area contributed by atoms with E-state index in [1.807, 2.05) is 12.1 Å². The van der Waals surface area contributed by atoms with Gasteiger partial charge in [0.15, 0.2) is 0 Å². The van der Waals surface area contributed by atoms with E-state index in [-0.39, 0.29) is 0 Å². The van der Waals surface area contributed by atoms with E-state index < -0.39 is 4.33 Å². The van der Waals surface area contributed by atoms with Crippen LogP contribution < -0.4 is 0 Å². The number of alkyl halides is 2. The van der Waals surface area contributed by atoms with E-state index >= 15 is 0 Å². The number of hydrogen-bond acceptors (Lipinski definition) is 0. The summed E-state index contributed by atoms with van der Waals surface area (Å²) in [5.74, 6) is 0. The van der Waals surface area contributed by atoms with Gasteiger partial charge in [-0.3, -0.25) is 0 Å². The molecule has 2 aromatic carbocycles. The van der Waals surface area contributed by atoms with Crippen molar-refractivity contribution in [2.45, 2.75) is 10.8 Å². The highest BCUT2D eigenvalue weighted by atomic mass is 35.5. The van der Waals surface area contributed by atoms with Crippen molar-refractivity contribution >= 4 is 34.0 Å². The summed E-state index contributed by atoms with van der Waals surface area (Å²) in [7, 11) is 0.